The van der Waals surface area contributed by atoms with E-state index < -0.39 is 15.3 Å². The summed E-state index contributed by atoms with van der Waals surface area (Å²) in [7, 11) is 0. The van der Waals surface area contributed by atoms with Gasteiger partial charge >= 0.3 is 5.97 Å². The number of rotatable bonds is 3. The molecule has 1 N–H and O–H groups in total. The van der Waals surface area contributed by atoms with Crippen molar-refractivity contribution >= 4 is 37.8 Å². The number of hydrogen-bond acceptors (Lipinski definition) is 3. The molecule has 19 heavy (non-hydrogen) atoms. The zero-order valence-electron chi connectivity index (χ0n) is 10.2. The van der Waals surface area contributed by atoms with Gasteiger partial charge in [0.05, 0.1) is 0 Å². The smallest absolute Gasteiger partial charge is 0.331 e. The molecule has 0 radical (unpaired) electrons. The maximum atomic E-state index is 13.4. The van der Waals surface area contributed by atoms with Gasteiger partial charge in [-0.05, 0) is 30.8 Å². The van der Waals surface area contributed by atoms with Crippen molar-refractivity contribution in [3.63, 3.8) is 0 Å². The number of nitrogens with one attached hydrogen (secondary N) is 1. The SMILES string of the molecule is O=C(OC1(c2cccc(F)c2)CCNCC1)C(Br)Br. The van der Waals surface area contributed by atoms with E-state index in [9.17, 15) is 9.18 Å². The zero-order chi connectivity index (χ0) is 13.9. The number of piperidine rings is 1. The lowest BCUT2D eigenvalue weighted by Crippen LogP contribution is -2.43. The van der Waals surface area contributed by atoms with Crippen LogP contribution in [-0.4, -0.2) is 22.8 Å². The van der Waals surface area contributed by atoms with E-state index in [0.717, 1.165) is 13.1 Å². The summed E-state index contributed by atoms with van der Waals surface area (Å²) in [6, 6.07) is 6.27. The van der Waals surface area contributed by atoms with Gasteiger partial charge in [-0.2, -0.15) is 0 Å². The highest BCUT2D eigenvalue weighted by Gasteiger charge is 2.39. The molecule has 1 aromatic rings. The van der Waals surface area contributed by atoms with Crippen molar-refractivity contribution in [2.75, 3.05) is 13.1 Å². The Balaban J connectivity index is 2.31. The number of esters is 1. The van der Waals surface area contributed by atoms with Crippen molar-refractivity contribution in [3.8, 4) is 0 Å². The maximum Gasteiger partial charge on any atom is 0.331 e. The first-order valence-corrected chi connectivity index (χ1v) is 7.84. The molecule has 1 fully saturated rings. The first-order chi connectivity index (χ1) is 9.03. The van der Waals surface area contributed by atoms with Crippen molar-refractivity contribution in [2.45, 2.75) is 22.2 Å². The van der Waals surface area contributed by atoms with Crippen molar-refractivity contribution in [1.82, 2.24) is 5.32 Å². The van der Waals surface area contributed by atoms with Gasteiger partial charge in [-0.3, -0.25) is 0 Å². The van der Waals surface area contributed by atoms with Crippen LogP contribution in [0.25, 0.3) is 0 Å². The summed E-state index contributed by atoms with van der Waals surface area (Å²) < 4.78 is 18.5. The molecule has 0 aliphatic carbocycles. The van der Waals surface area contributed by atoms with Gasteiger partial charge in [0.15, 0.2) is 3.74 Å². The summed E-state index contributed by atoms with van der Waals surface area (Å²) in [5.41, 5.74) is -0.0347. The predicted octanol–water partition coefficient (Wildman–Crippen LogP) is 3.06. The number of carbonyl (C=O) groups is 1. The quantitative estimate of drug-likeness (QED) is 0.632. The van der Waals surface area contributed by atoms with Gasteiger partial charge < -0.3 is 10.1 Å². The normalized spacial score (nSPS) is 18.3. The van der Waals surface area contributed by atoms with E-state index >= 15 is 0 Å². The van der Waals surface area contributed by atoms with Gasteiger partial charge in [-0.15, -0.1) is 0 Å². The Morgan fingerprint density at radius 3 is 2.63 bits per heavy atom. The Bertz CT molecular complexity index is 462. The standard InChI is InChI=1S/C13H14Br2FNO2/c14-11(15)12(18)19-13(4-6-17-7-5-13)9-2-1-3-10(16)8-9/h1-3,8,11,17H,4-7H2. The lowest BCUT2D eigenvalue weighted by atomic mass is 9.84. The second-order valence-corrected chi connectivity index (χ2v) is 7.54. The molecule has 1 aliphatic rings. The summed E-state index contributed by atoms with van der Waals surface area (Å²) in [5, 5.41) is 3.22. The van der Waals surface area contributed by atoms with Crippen LogP contribution in [-0.2, 0) is 15.1 Å². The molecule has 0 unspecified atom stereocenters. The molecule has 0 saturated carbocycles. The molecule has 104 valence electrons. The minimum absolute atomic E-state index is 0.319. The fourth-order valence-electron chi connectivity index (χ4n) is 2.29. The second-order valence-electron chi connectivity index (χ2n) is 4.48. The summed E-state index contributed by atoms with van der Waals surface area (Å²) >= 11 is 6.26. The number of alkyl halides is 2. The Morgan fingerprint density at radius 2 is 2.05 bits per heavy atom. The minimum Gasteiger partial charge on any atom is -0.453 e. The van der Waals surface area contributed by atoms with Crippen LogP contribution in [0.1, 0.15) is 18.4 Å². The average Bonchev–Trinajstić information content (AvgIpc) is 2.39. The van der Waals surface area contributed by atoms with Crippen LogP contribution in [0.5, 0.6) is 0 Å². The highest BCUT2D eigenvalue weighted by atomic mass is 79.9. The van der Waals surface area contributed by atoms with E-state index in [1.165, 1.54) is 12.1 Å². The van der Waals surface area contributed by atoms with Crippen molar-refractivity contribution in [3.05, 3.63) is 35.6 Å². The van der Waals surface area contributed by atoms with E-state index in [2.05, 4.69) is 37.2 Å². The van der Waals surface area contributed by atoms with Crippen LogP contribution in [0.2, 0.25) is 0 Å². The maximum absolute atomic E-state index is 13.4. The van der Waals surface area contributed by atoms with Crippen LogP contribution < -0.4 is 5.32 Å². The summed E-state index contributed by atoms with van der Waals surface area (Å²) in [5.74, 6) is -0.716. The third-order valence-corrected chi connectivity index (χ3v) is 3.98. The number of carbonyl (C=O) groups excluding carboxylic acids is 1. The van der Waals surface area contributed by atoms with E-state index in [-0.39, 0.29) is 5.82 Å². The molecule has 1 saturated heterocycles. The van der Waals surface area contributed by atoms with Gasteiger partial charge in [0.25, 0.3) is 0 Å². The fraction of sp³-hybridized carbons (Fsp3) is 0.462. The molecule has 3 nitrogen and oxygen atoms in total. The minimum atomic E-state index is -0.746. The van der Waals surface area contributed by atoms with E-state index in [1.807, 2.05) is 0 Å². The van der Waals surface area contributed by atoms with Crippen molar-refractivity contribution < 1.29 is 13.9 Å². The second kappa shape index (κ2) is 6.33. The van der Waals surface area contributed by atoms with Crippen molar-refractivity contribution in [2.24, 2.45) is 0 Å². The lowest BCUT2D eigenvalue weighted by molar-refractivity contribution is -0.161. The first-order valence-electron chi connectivity index (χ1n) is 6.01. The molecule has 1 aromatic carbocycles. The largest absolute Gasteiger partial charge is 0.453 e. The number of hydrogen-bond donors (Lipinski definition) is 1. The summed E-state index contributed by atoms with van der Waals surface area (Å²) in [4.78, 5) is 11.8. The van der Waals surface area contributed by atoms with Crippen LogP contribution in [0.3, 0.4) is 0 Å². The molecule has 0 bridgehead atoms. The Kier molecular flexibility index (Phi) is 4.97. The van der Waals surface area contributed by atoms with Gasteiger partial charge in [-0.1, -0.05) is 44.0 Å². The Morgan fingerprint density at radius 1 is 1.37 bits per heavy atom. The average molecular weight is 395 g/mol. The Labute approximate surface area is 128 Å². The molecule has 0 atom stereocenters. The molecule has 0 aromatic heterocycles. The topological polar surface area (TPSA) is 38.3 Å². The van der Waals surface area contributed by atoms with Gasteiger partial charge in [0.1, 0.15) is 11.4 Å². The van der Waals surface area contributed by atoms with Crippen LogP contribution in [0.15, 0.2) is 24.3 Å². The molecule has 1 aliphatic heterocycles. The van der Waals surface area contributed by atoms with E-state index in [4.69, 9.17) is 4.74 Å². The summed E-state index contributed by atoms with van der Waals surface area (Å²) in [6.45, 7) is 1.47. The molecule has 1 heterocycles. The van der Waals surface area contributed by atoms with Crippen LogP contribution in [0, 0.1) is 5.82 Å². The fourth-order valence-corrected chi connectivity index (χ4v) is 2.48. The number of ether oxygens (including phenoxy) is 1. The van der Waals surface area contributed by atoms with Crippen molar-refractivity contribution in [1.29, 1.82) is 0 Å². The first kappa shape index (κ1) is 14.9. The predicted molar refractivity (Wildman–Crippen MR) is 77.9 cm³/mol. The van der Waals surface area contributed by atoms with E-state index in [0.29, 0.717) is 18.4 Å². The van der Waals surface area contributed by atoms with Crippen LogP contribution in [0.4, 0.5) is 4.39 Å². The highest BCUT2D eigenvalue weighted by molar-refractivity contribution is 9.25. The van der Waals surface area contributed by atoms with Gasteiger partial charge in [0, 0.05) is 12.8 Å². The molecular formula is C13H14Br2FNO2. The van der Waals surface area contributed by atoms with Gasteiger partial charge in [-0.25, -0.2) is 9.18 Å². The molecule has 6 heteroatoms. The van der Waals surface area contributed by atoms with E-state index in [1.54, 1.807) is 12.1 Å². The Hall–Kier alpha value is -0.460. The molecular weight excluding hydrogens is 381 g/mol. The lowest BCUT2D eigenvalue weighted by Gasteiger charge is -2.37. The number of halogens is 3. The molecule has 0 amide bonds. The van der Waals surface area contributed by atoms with Gasteiger partial charge in [0.2, 0.25) is 0 Å². The molecule has 2 rings (SSSR count). The molecule has 0 spiro atoms. The third kappa shape index (κ3) is 3.55. The highest BCUT2D eigenvalue weighted by Crippen LogP contribution is 2.36. The third-order valence-electron chi connectivity index (χ3n) is 3.24. The monoisotopic (exact) mass is 393 g/mol. The summed E-state index contributed by atoms with van der Waals surface area (Å²) in [6.07, 6.45) is 1.27. The van der Waals surface area contributed by atoms with Crippen LogP contribution >= 0.6 is 31.9 Å². The zero-order valence-corrected chi connectivity index (χ0v) is 13.3. The number of benzene rings is 1.